The van der Waals surface area contributed by atoms with Gasteiger partial charge in [-0.1, -0.05) is 39.0 Å². The third kappa shape index (κ3) is 5.51. The molecule has 8 heteroatoms. The number of nitrogens with zero attached hydrogens (tertiary/aromatic N) is 5. The molecule has 0 radical (unpaired) electrons. The molecule has 0 fully saturated rings. The fourth-order valence-electron chi connectivity index (χ4n) is 3.50. The molecule has 0 atom stereocenters. The van der Waals surface area contributed by atoms with E-state index in [4.69, 9.17) is 0 Å². The Morgan fingerprint density at radius 1 is 1.12 bits per heavy atom. The first-order valence-corrected chi connectivity index (χ1v) is 11.7. The van der Waals surface area contributed by atoms with E-state index in [-0.39, 0.29) is 11.2 Å². The number of hydrogen-bond donors (Lipinski definition) is 1. The number of anilines is 2. The Morgan fingerprint density at radius 2 is 1.94 bits per heavy atom. The smallest absolute Gasteiger partial charge is 0.174 e. The van der Waals surface area contributed by atoms with E-state index < -0.39 is 0 Å². The molecule has 1 N–H and O–H groups in total. The van der Waals surface area contributed by atoms with Crippen LogP contribution in [0.5, 0.6) is 0 Å². The van der Waals surface area contributed by atoms with Crippen molar-refractivity contribution in [2.45, 2.75) is 46.0 Å². The van der Waals surface area contributed by atoms with Crippen molar-refractivity contribution in [2.24, 2.45) is 7.05 Å². The maximum atomic E-state index is 12.7. The Hall–Kier alpha value is -3.39. The third-order valence-corrected chi connectivity index (χ3v) is 6.82. The molecule has 1 aromatic carbocycles. The molecule has 0 saturated heterocycles. The molecule has 33 heavy (non-hydrogen) atoms. The van der Waals surface area contributed by atoms with Crippen LogP contribution >= 0.6 is 11.3 Å². The van der Waals surface area contributed by atoms with Crippen LogP contribution in [0.15, 0.2) is 49.1 Å². The van der Waals surface area contributed by atoms with Crippen molar-refractivity contribution in [2.75, 3.05) is 5.32 Å². The molecule has 0 spiro atoms. The third-order valence-electron chi connectivity index (χ3n) is 5.35. The van der Waals surface area contributed by atoms with Crippen LogP contribution in [-0.2, 0) is 18.9 Å². The number of aromatic nitrogens is 5. The van der Waals surface area contributed by atoms with E-state index in [1.54, 1.807) is 23.3 Å². The van der Waals surface area contributed by atoms with E-state index in [0.717, 1.165) is 32.3 Å². The molecule has 0 bridgehead atoms. The zero-order chi connectivity index (χ0) is 23.6. The average molecular weight is 461 g/mol. The number of nitrogens with one attached hydrogen (secondary N) is 1. The lowest BCUT2D eigenvalue weighted by Crippen LogP contribution is -2.09. The fraction of sp³-hybridized carbons (Fsp3) is 0.320. The monoisotopic (exact) mass is 460 g/mol. The van der Waals surface area contributed by atoms with Gasteiger partial charge in [-0.2, -0.15) is 10.2 Å². The molecule has 0 aliphatic rings. The summed E-state index contributed by atoms with van der Waals surface area (Å²) in [7, 11) is 1.87. The molecule has 0 unspecified atom stereocenters. The van der Waals surface area contributed by atoms with Crippen molar-refractivity contribution in [3.05, 3.63) is 70.1 Å². The zero-order valence-electron chi connectivity index (χ0n) is 19.6. The molecule has 3 heterocycles. The number of benzene rings is 1. The van der Waals surface area contributed by atoms with E-state index in [1.807, 2.05) is 19.3 Å². The molecular weight excluding hydrogens is 432 g/mol. The van der Waals surface area contributed by atoms with E-state index in [2.05, 4.69) is 71.5 Å². The standard InChI is InChI=1S/C25H28N6OS/c1-16-10-18(19-11-23(30-27-12-19)29-20-13-28-31(5)15-20)7-6-17(16)8-9-21(32)22-14-26-24(33-22)25(2,3)4/h6-7,10-15H,8-9H2,1-5H3,(H,29,30). The first kappa shape index (κ1) is 22.8. The predicted molar refractivity (Wildman–Crippen MR) is 132 cm³/mol. The lowest BCUT2D eigenvalue weighted by molar-refractivity contribution is 0.0986. The maximum Gasteiger partial charge on any atom is 0.174 e. The number of aryl methyl sites for hydroxylation is 3. The van der Waals surface area contributed by atoms with Gasteiger partial charge >= 0.3 is 0 Å². The summed E-state index contributed by atoms with van der Waals surface area (Å²) in [5, 5.41) is 16.7. The van der Waals surface area contributed by atoms with Gasteiger partial charge in [0.25, 0.3) is 0 Å². The highest BCUT2D eigenvalue weighted by Crippen LogP contribution is 2.28. The van der Waals surface area contributed by atoms with Gasteiger partial charge in [0.2, 0.25) is 0 Å². The summed E-state index contributed by atoms with van der Waals surface area (Å²) in [6, 6.07) is 8.27. The minimum atomic E-state index is -0.0369. The molecular formula is C25H28N6OS. The second-order valence-electron chi connectivity index (χ2n) is 9.20. The van der Waals surface area contributed by atoms with Crippen LogP contribution in [0, 0.1) is 6.92 Å². The summed E-state index contributed by atoms with van der Waals surface area (Å²) >= 11 is 1.51. The van der Waals surface area contributed by atoms with Gasteiger partial charge in [-0.25, -0.2) is 4.98 Å². The van der Waals surface area contributed by atoms with E-state index in [9.17, 15) is 4.79 Å². The minimum absolute atomic E-state index is 0.0369. The van der Waals surface area contributed by atoms with Gasteiger partial charge in [-0.3, -0.25) is 9.48 Å². The fourth-order valence-corrected chi connectivity index (χ4v) is 4.44. The van der Waals surface area contributed by atoms with E-state index in [0.29, 0.717) is 18.7 Å². The quantitative estimate of drug-likeness (QED) is 0.367. The lowest BCUT2D eigenvalue weighted by Gasteiger charge is -2.13. The van der Waals surface area contributed by atoms with Crippen molar-refractivity contribution in [1.82, 2.24) is 25.0 Å². The first-order chi connectivity index (χ1) is 15.7. The second-order valence-corrected chi connectivity index (χ2v) is 10.2. The van der Waals surface area contributed by atoms with Crippen molar-refractivity contribution >= 4 is 28.6 Å². The SMILES string of the molecule is Cc1cc(-c2cnnc(Nc3cnn(C)c3)c2)ccc1CCC(=O)c1cnc(C(C)(C)C)s1. The number of ketones is 1. The highest BCUT2D eigenvalue weighted by molar-refractivity contribution is 7.13. The van der Waals surface area contributed by atoms with Crippen LogP contribution in [0.2, 0.25) is 0 Å². The molecule has 0 aliphatic heterocycles. The molecule has 0 saturated carbocycles. The van der Waals surface area contributed by atoms with Crippen LogP contribution in [0.4, 0.5) is 11.5 Å². The Balaban J connectivity index is 1.43. The molecule has 0 aliphatic carbocycles. The van der Waals surface area contributed by atoms with Crippen LogP contribution in [0.3, 0.4) is 0 Å². The first-order valence-electron chi connectivity index (χ1n) is 10.9. The molecule has 7 nitrogen and oxygen atoms in total. The van der Waals surface area contributed by atoms with Crippen LogP contribution in [0.25, 0.3) is 11.1 Å². The summed E-state index contributed by atoms with van der Waals surface area (Å²) in [6.07, 6.45) is 8.27. The van der Waals surface area contributed by atoms with Gasteiger partial charge in [-0.15, -0.1) is 16.4 Å². The number of thiazole rings is 1. The Labute approximate surface area is 197 Å². The van der Waals surface area contributed by atoms with Gasteiger partial charge in [0, 0.05) is 36.8 Å². The summed E-state index contributed by atoms with van der Waals surface area (Å²) in [6.45, 7) is 8.42. The average Bonchev–Trinajstić information content (AvgIpc) is 3.42. The predicted octanol–water partition coefficient (Wildman–Crippen LogP) is 5.50. The Kier molecular flexibility index (Phi) is 6.37. The number of carbonyl (C=O) groups excluding carboxylic acids is 1. The summed E-state index contributed by atoms with van der Waals surface area (Å²) in [5.74, 6) is 0.808. The lowest BCUT2D eigenvalue weighted by atomic mass is 9.97. The largest absolute Gasteiger partial charge is 0.336 e. The zero-order valence-corrected chi connectivity index (χ0v) is 20.4. The maximum absolute atomic E-state index is 12.7. The number of Topliss-reactive ketones (excluding diaryl/α,β-unsaturated/α-hetero) is 1. The van der Waals surface area contributed by atoms with Gasteiger partial charge in [-0.05, 0) is 36.1 Å². The van der Waals surface area contributed by atoms with Crippen molar-refractivity contribution in [3.63, 3.8) is 0 Å². The van der Waals surface area contributed by atoms with E-state index >= 15 is 0 Å². The van der Waals surface area contributed by atoms with Crippen LogP contribution in [-0.4, -0.2) is 30.7 Å². The molecule has 170 valence electrons. The normalized spacial score (nSPS) is 11.5. The van der Waals surface area contributed by atoms with Crippen LogP contribution < -0.4 is 5.32 Å². The topological polar surface area (TPSA) is 85.6 Å². The van der Waals surface area contributed by atoms with Gasteiger partial charge in [0.1, 0.15) is 0 Å². The Bertz CT molecular complexity index is 1280. The second kappa shape index (κ2) is 9.23. The van der Waals surface area contributed by atoms with Crippen molar-refractivity contribution in [3.8, 4) is 11.1 Å². The molecule has 3 aromatic heterocycles. The van der Waals surface area contributed by atoms with Gasteiger partial charge in [0.05, 0.1) is 28.0 Å². The molecule has 4 rings (SSSR count). The number of rotatable bonds is 7. The minimum Gasteiger partial charge on any atom is -0.336 e. The summed E-state index contributed by atoms with van der Waals surface area (Å²) < 4.78 is 1.73. The van der Waals surface area contributed by atoms with Crippen LogP contribution in [0.1, 0.15) is 53.0 Å². The van der Waals surface area contributed by atoms with Crippen molar-refractivity contribution in [1.29, 1.82) is 0 Å². The van der Waals surface area contributed by atoms with Gasteiger partial charge in [0.15, 0.2) is 11.6 Å². The summed E-state index contributed by atoms with van der Waals surface area (Å²) in [4.78, 5) is 17.9. The molecule has 4 aromatic rings. The number of carbonyl (C=O) groups is 1. The highest BCUT2D eigenvalue weighted by Gasteiger charge is 2.20. The highest BCUT2D eigenvalue weighted by atomic mass is 32.1. The number of hydrogen-bond acceptors (Lipinski definition) is 7. The summed E-state index contributed by atoms with van der Waals surface area (Å²) in [5.41, 5.74) is 5.17. The van der Waals surface area contributed by atoms with Gasteiger partial charge < -0.3 is 5.32 Å². The van der Waals surface area contributed by atoms with Crippen molar-refractivity contribution < 1.29 is 4.79 Å². The molecule has 0 amide bonds. The Morgan fingerprint density at radius 3 is 2.61 bits per heavy atom. The van der Waals surface area contributed by atoms with E-state index in [1.165, 1.54) is 16.9 Å².